The monoisotopic (exact) mass is 155 g/mol. The number of fused-ring (bicyclic) bond motifs is 2. The summed E-state index contributed by atoms with van der Waals surface area (Å²) < 4.78 is 5.84. The highest BCUT2D eigenvalue weighted by atomic mass is 16.5. The Hall–Kier alpha value is -0.0800. The lowest BCUT2D eigenvalue weighted by Crippen LogP contribution is -2.48. The molecule has 0 amide bonds. The van der Waals surface area contributed by atoms with Gasteiger partial charge in [0.25, 0.3) is 0 Å². The van der Waals surface area contributed by atoms with Crippen LogP contribution >= 0.6 is 0 Å². The van der Waals surface area contributed by atoms with Gasteiger partial charge in [-0.25, -0.2) is 0 Å². The van der Waals surface area contributed by atoms with E-state index in [1.165, 1.54) is 6.42 Å². The zero-order chi connectivity index (χ0) is 8.11. The Morgan fingerprint density at radius 2 is 2.18 bits per heavy atom. The summed E-state index contributed by atoms with van der Waals surface area (Å²) >= 11 is 0. The largest absolute Gasteiger partial charge is 0.371 e. The molecule has 2 unspecified atom stereocenters. The van der Waals surface area contributed by atoms with Gasteiger partial charge in [0.15, 0.2) is 0 Å². The van der Waals surface area contributed by atoms with Crippen molar-refractivity contribution in [3.8, 4) is 0 Å². The normalized spacial score (nSPS) is 43.4. The van der Waals surface area contributed by atoms with Crippen LogP contribution in [0.3, 0.4) is 0 Å². The van der Waals surface area contributed by atoms with Gasteiger partial charge in [0.05, 0.1) is 12.2 Å². The average Bonchev–Trinajstić information content (AvgIpc) is 2.42. The van der Waals surface area contributed by atoms with Gasteiger partial charge >= 0.3 is 0 Å². The van der Waals surface area contributed by atoms with Gasteiger partial charge in [0.2, 0.25) is 0 Å². The van der Waals surface area contributed by atoms with E-state index in [9.17, 15) is 0 Å². The zero-order valence-corrected chi connectivity index (χ0v) is 7.61. The quantitative estimate of drug-likeness (QED) is 0.567. The molecule has 2 rings (SSSR count). The van der Waals surface area contributed by atoms with Crippen LogP contribution in [0.4, 0.5) is 0 Å². The predicted molar refractivity (Wildman–Crippen MR) is 44.5 cm³/mol. The number of morpholine rings is 1. The topological polar surface area (TPSA) is 21.3 Å². The molecule has 0 aromatic rings. The lowest BCUT2D eigenvalue weighted by Gasteiger charge is -2.39. The van der Waals surface area contributed by atoms with E-state index in [1.807, 2.05) is 0 Å². The summed E-state index contributed by atoms with van der Waals surface area (Å²) in [4.78, 5) is 0. The van der Waals surface area contributed by atoms with Gasteiger partial charge in [0, 0.05) is 12.6 Å². The molecule has 2 fully saturated rings. The zero-order valence-electron chi connectivity index (χ0n) is 7.61. The first kappa shape index (κ1) is 7.56. The van der Waals surface area contributed by atoms with Crippen molar-refractivity contribution in [3.63, 3.8) is 0 Å². The Balaban J connectivity index is 2.23. The highest BCUT2D eigenvalue weighted by Crippen LogP contribution is 2.44. The van der Waals surface area contributed by atoms with Crippen LogP contribution in [0.25, 0.3) is 0 Å². The maximum absolute atomic E-state index is 5.84. The molecular formula is C9H17NO. The first-order chi connectivity index (χ1) is 5.04. The molecule has 2 bridgehead atoms. The molecule has 0 radical (unpaired) electrons. The fraction of sp³-hybridized carbons (Fsp3) is 1.00. The first-order valence-electron chi connectivity index (χ1n) is 4.41. The second-order valence-corrected chi connectivity index (χ2v) is 4.84. The third-order valence-electron chi connectivity index (χ3n) is 3.18. The second-order valence-electron chi connectivity index (χ2n) is 4.84. The number of nitrogens with one attached hydrogen (secondary N) is 1. The van der Waals surface area contributed by atoms with Gasteiger partial charge in [0.1, 0.15) is 0 Å². The van der Waals surface area contributed by atoms with E-state index in [0.717, 1.165) is 13.2 Å². The molecule has 0 aliphatic carbocycles. The van der Waals surface area contributed by atoms with E-state index in [0.29, 0.717) is 6.04 Å². The van der Waals surface area contributed by atoms with Gasteiger partial charge in [-0.15, -0.1) is 0 Å². The minimum absolute atomic E-state index is 0.137. The summed E-state index contributed by atoms with van der Waals surface area (Å²) in [6.45, 7) is 8.76. The second kappa shape index (κ2) is 1.99. The molecule has 2 nitrogen and oxygen atoms in total. The van der Waals surface area contributed by atoms with Crippen molar-refractivity contribution < 1.29 is 4.74 Å². The smallest absolute Gasteiger partial charge is 0.0870 e. The summed E-state index contributed by atoms with van der Waals surface area (Å²) in [7, 11) is 0. The van der Waals surface area contributed by atoms with Crippen molar-refractivity contribution in [1.29, 1.82) is 0 Å². The third-order valence-corrected chi connectivity index (χ3v) is 3.18. The Kier molecular flexibility index (Phi) is 1.37. The molecule has 2 saturated heterocycles. The maximum Gasteiger partial charge on any atom is 0.0870 e. The van der Waals surface area contributed by atoms with E-state index in [-0.39, 0.29) is 11.0 Å². The Labute approximate surface area is 68.3 Å². The SMILES string of the molecule is CC(C)(C)C12CNC(CO1)C2. The molecule has 2 heterocycles. The van der Waals surface area contributed by atoms with Crippen LogP contribution in [-0.2, 0) is 4.74 Å². The first-order valence-corrected chi connectivity index (χ1v) is 4.41. The highest BCUT2D eigenvalue weighted by Gasteiger charge is 2.53. The van der Waals surface area contributed by atoms with E-state index in [1.54, 1.807) is 0 Å². The fourth-order valence-electron chi connectivity index (χ4n) is 2.13. The Morgan fingerprint density at radius 3 is 2.36 bits per heavy atom. The van der Waals surface area contributed by atoms with Gasteiger partial charge in [-0.1, -0.05) is 20.8 Å². The Bertz CT molecular complexity index is 163. The summed E-state index contributed by atoms with van der Waals surface area (Å²) in [5, 5.41) is 3.48. The Morgan fingerprint density at radius 1 is 1.45 bits per heavy atom. The summed E-state index contributed by atoms with van der Waals surface area (Å²) in [5.74, 6) is 0. The molecule has 64 valence electrons. The molecule has 0 aromatic heterocycles. The van der Waals surface area contributed by atoms with E-state index in [2.05, 4.69) is 26.1 Å². The molecule has 2 aliphatic heterocycles. The van der Waals surface area contributed by atoms with Gasteiger partial charge < -0.3 is 10.1 Å². The maximum atomic E-state index is 5.84. The van der Waals surface area contributed by atoms with Crippen molar-refractivity contribution in [2.45, 2.75) is 38.8 Å². The lowest BCUT2D eigenvalue weighted by molar-refractivity contribution is -0.0802. The molecule has 0 spiro atoms. The minimum atomic E-state index is 0.137. The summed E-state index contributed by atoms with van der Waals surface area (Å²) in [5.41, 5.74) is 0.420. The number of hydrogen-bond donors (Lipinski definition) is 1. The molecule has 2 aliphatic rings. The average molecular weight is 155 g/mol. The van der Waals surface area contributed by atoms with Crippen LogP contribution in [0.15, 0.2) is 0 Å². The number of ether oxygens (including phenoxy) is 1. The van der Waals surface area contributed by atoms with Crippen molar-refractivity contribution in [3.05, 3.63) is 0 Å². The molecule has 11 heavy (non-hydrogen) atoms. The standard InChI is InChI=1S/C9H17NO/c1-8(2,3)9-4-7(5-11-9)10-6-9/h7,10H,4-6H2,1-3H3. The molecule has 1 N–H and O–H groups in total. The van der Waals surface area contributed by atoms with Crippen LogP contribution in [0.1, 0.15) is 27.2 Å². The number of rotatable bonds is 0. The van der Waals surface area contributed by atoms with Crippen LogP contribution in [0, 0.1) is 5.41 Å². The van der Waals surface area contributed by atoms with E-state index >= 15 is 0 Å². The molecule has 2 heteroatoms. The highest BCUT2D eigenvalue weighted by molar-refractivity contribution is 5.07. The van der Waals surface area contributed by atoms with Crippen LogP contribution < -0.4 is 5.32 Å². The fourth-order valence-corrected chi connectivity index (χ4v) is 2.13. The van der Waals surface area contributed by atoms with Crippen molar-refractivity contribution in [2.75, 3.05) is 13.2 Å². The third kappa shape index (κ3) is 0.926. The van der Waals surface area contributed by atoms with Crippen LogP contribution in [0.2, 0.25) is 0 Å². The van der Waals surface area contributed by atoms with Gasteiger partial charge in [-0.3, -0.25) is 0 Å². The van der Waals surface area contributed by atoms with Crippen molar-refractivity contribution in [1.82, 2.24) is 5.32 Å². The molecule has 0 aromatic carbocycles. The van der Waals surface area contributed by atoms with Gasteiger partial charge in [-0.2, -0.15) is 0 Å². The predicted octanol–water partition coefficient (Wildman–Crippen LogP) is 1.16. The summed E-state index contributed by atoms with van der Waals surface area (Å²) in [6, 6.07) is 0.634. The van der Waals surface area contributed by atoms with E-state index < -0.39 is 0 Å². The molecule has 0 saturated carbocycles. The van der Waals surface area contributed by atoms with Crippen LogP contribution in [-0.4, -0.2) is 24.8 Å². The lowest BCUT2D eigenvalue weighted by atomic mass is 9.76. The minimum Gasteiger partial charge on any atom is -0.371 e. The van der Waals surface area contributed by atoms with Crippen LogP contribution in [0.5, 0.6) is 0 Å². The summed E-state index contributed by atoms with van der Waals surface area (Å²) in [6.07, 6.45) is 1.20. The van der Waals surface area contributed by atoms with Crippen molar-refractivity contribution >= 4 is 0 Å². The van der Waals surface area contributed by atoms with E-state index in [4.69, 9.17) is 4.74 Å². The van der Waals surface area contributed by atoms with Crippen molar-refractivity contribution in [2.24, 2.45) is 5.41 Å². The molecular weight excluding hydrogens is 138 g/mol. The number of hydrogen-bond acceptors (Lipinski definition) is 2. The molecule has 2 atom stereocenters. The van der Waals surface area contributed by atoms with Gasteiger partial charge in [-0.05, 0) is 11.8 Å².